The number of unbranched alkanes of at least 4 members (excludes halogenated alkanes) is 12. The van der Waals surface area contributed by atoms with Crippen LogP contribution in [0.1, 0.15) is 142 Å². The Balaban J connectivity index is 4.06. The minimum absolute atomic E-state index is 0.267. The molecule has 1 amide bonds. The number of carbonyl (C=O) groups excluding carboxylic acids is 1. The molecule has 0 saturated carbocycles. The lowest BCUT2D eigenvalue weighted by Gasteiger charge is -2.21. The predicted octanol–water partition coefficient (Wildman–Crippen LogP) is 9.90. The topological polar surface area (TPSA) is 104 Å². The van der Waals surface area contributed by atoms with Crippen LogP contribution in [-0.2, 0) is 14.9 Å². The highest BCUT2D eigenvalue weighted by Crippen LogP contribution is 2.11. The van der Waals surface area contributed by atoms with Crippen LogP contribution >= 0.6 is 0 Å². The summed E-state index contributed by atoms with van der Waals surface area (Å²) in [6, 6.07) is -1.08. The van der Waals surface area contributed by atoms with Gasteiger partial charge in [-0.05, 0) is 70.6 Å². The first kappa shape index (κ1) is 42.8. The number of nitrogens with one attached hydrogen (secondary N) is 1. The fraction of sp³-hybridized carbons (Fsp3) is 0.658. The van der Waals surface area contributed by atoms with Gasteiger partial charge in [-0.3, -0.25) is 9.35 Å². The molecule has 0 radical (unpaired) electrons. The van der Waals surface area contributed by atoms with Crippen LogP contribution in [0.4, 0.5) is 0 Å². The number of hydrogen-bond donors (Lipinski definition) is 3. The average molecular weight is 648 g/mol. The van der Waals surface area contributed by atoms with Crippen molar-refractivity contribution < 1.29 is 22.9 Å². The van der Waals surface area contributed by atoms with E-state index in [0.29, 0.717) is 12.8 Å². The first-order valence-corrected chi connectivity index (χ1v) is 19.2. The number of aliphatic hydroxyl groups excluding tert-OH is 1. The van der Waals surface area contributed by atoms with E-state index in [1.165, 1.54) is 38.2 Å². The molecule has 0 rings (SSSR count). The van der Waals surface area contributed by atoms with E-state index in [4.69, 9.17) is 0 Å². The zero-order valence-corrected chi connectivity index (χ0v) is 29.3. The van der Waals surface area contributed by atoms with Crippen molar-refractivity contribution in [1.29, 1.82) is 0 Å². The number of rotatable bonds is 30. The van der Waals surface area contributed by atoms with Crippen LogP contribution in [0.25, 0.3) is 0 Å². The maximum absolute atomic E-state index is 12.4. The molecule has 0 bridgehead atoms. The second-order valence-electron chi connectivity index (χ2n) is 11.8. The van der Waals surface area contributed by atoms with Gasteiger partial charge in [0, 0.05) is 6.42 Å². The van der Waals surface area contributed by atoms with Gasteiger partial charge in [0.25, 0.3) is 10.1 Å². The molecule has 45 heavy (non-hydrogen) atoms. The van der Waals surface area contributed by atoms with Crippen molar-refractivity contribution in [3.05, 3.63) is 72.9 Å². The molecule has 0 aromatic rings. The Morgan fingerprint density at radius 1 is 0.622 bits per heavy atom. The molecule has 0 heterocycles. The van der Waals surface area contributed by atoms with E-state index in [1.54, 1.807) is 6.08 Å². The summed E-state index contributed by atoms with van der Waals surface area (Å²) in [5.74, 6) is -1.03. The van der Waals surface area contributed by atoms with Crippen LogP contribution in [-0.4, -0.2) is 41.9 Å². The van der Waals surface area contributed by atoms with Gasteiger partial charge in [-0.1, -0.05) is 138 Å². The molecule has 0 aliphatic rings. The number of aliphatic hydroxyl groups is 1. The molecule has 0 aromatic heterocycles. The molecule has 2 unspecified atom stereocenters. The van der Waals surface area contributed by atoms with Crippen molar-refractivity contribution in [1.82, 2.24) is 5.32 Å². The molecule has 2 atom stereocenters. The lowest BCUT2D eigenvalue weighted by atomic mass is 10.1. The average Bonchev–Trinajstić information content (AvgIpc) is 3.00. The quantitative estimate of drug-likeness (QED) is 0.0409. The molecule has 258 valence electrons. The monoisotopic (exact) mass is 647 g/mol. The van der Waals surface area contributed by atoms with E-state index in [1.807, 2.05) is 0 Å². The molecular formula is C38H65NO5S. The van der Waals surface area contributed by atoms with Crippen LogP contribution in [0, 0.1) is 0 Å². The van der Waals surface area contributed by atoms with Gasteiger partial charge in [-0.25, -0.2) is 0 Å². The fourth-order valence-electron chi connectivity index (χ4n) is 4.75. The summed E-state index contributed by atoms with van der Waals surface area (Å²) in [7, 11) is -4.35. The van der Waals surface area contributed by atoms with Crippen LogP contribution in [0.5, 0.6) is 0 Å². The molecule has 0 saturated heterocycles. The molecule has 0 aromatic carbocycles. The zero-order valence-electron chi connectivity index (χ0n) is 28.5. The van der Waals surface area contributed by atoms with Gasteiger partial charge in [0.05, 0.1) is 17.9 Å². The zero-order chi connectivity index (χ0) is 33.3. The molecule has 3 N–H and O–H groups in total. The van der Waals surface area contributed by atoms with E-state index in [-0.39, 0.29) is 12.3 Å². The van der Waals surface area contributed by atoms with Gasteiger partial charge in [0.15, 0.2) is 0 Å². The highest BCUT2D eigenvalue weighted by Gasteiger charge is 2.24. The van der Waals surface area contributed by atoms with Crippen molar-refractivity contribution >= 4 is 16.0 Å². The first-order chi connectivity index (χ1) is 21.8. The molecular weight excluding hydrogens is 582 g/mol. The standard InChI is InChI=1S/C38H65NO5S/c1-3-5-7-9-11-13-15-16-17-18-19-20-21-22-24-26-28-30-32-34-38(41)39-36(35-45(42,43)44)37(40)33-31-29-27-25-23-14-12-10-8-6-4-2/h5,7,11,13,16-17,19-20,23,25,31,33,36-37,40H,3-4,6,8-10,12,14-15,18,21-22,24,26-30,32,34-35H2,1-2H3,(H,39,41)(H,42,43,44)/b7-5-,13-11-,17-16-,20-19-,25-23+,33-31+. The fourth-order valence-corrected chi connectivity index (χ4v) is 5.48. The summed E-state index contributed by atoms with van der Waals surface area (Å²) < 4.78 is 32.3. The Kier molecular flexibility index (Phi) is 30.2. The van der Waals surface area contributed by atoms with Gasteiger partial charge in [0.1, 0.15) is 0 Å². The number of hydrogen-bond acceptors (Lipinski definition) is 4. The third kappa shape index (κ3) is 33.0. The second-order valence-corrected chi connectivity index (χ2v) is 13.3. The molecule has 0 spiro atoms. The third-order valence-corrected chi connectivity index (χ3v) is 8.15. The molecule has 0 aliphatic heterocycles. The van der Waals surface area contributed by atoms with Crippen LogP contribution in [0.15, 0.2) is 72.9 Å². The molecule has 0 aliphatic carbocycles. The summed E-state index contributed by atoms with van der Waals surface area (Å²) in [5.41, 5.74) is 0. The van der Waals surface area contributed by atoms with Gasteiger partial charge in [0.2, 0.25) is 5.91 Å². The number of carbonyl (C=O) groups is 1. The summed E-state index contributed by atoms with van der Waals surface area (Å²) in [4.78, 5) is 12.4. The Labute approximate surface area is 276 Å². The Morgan fingerprint density at radius 3 is 1.67 bits per heavy atom. The summed E-state index contributed by atoms with van der Waals surface area (Å²) in [6.45, 7) is 4.36. The molecule has 6 nitrogen and oxygen atoms in total. The highest BCUT2D eigenvalue weighted by atomic mass is 32.2. The summed E-state index contributed by atoms with van der Waals surface area (Å²) in [6.07, 6.45) is 44.5. The predicted molar refractivity (Wildman–Crippen MR) is 193 cm³/mol. The van der Waals surface area contributed by atoms with E-state index in [9.17, 15) is 22.9 Å². The van der Waals surface area contributed by atoms with Crippen molar-refractivity contribution in [2.75, 3.05) is 5.75 Å². The number of amides is 1. The lowest BCUT2D eigenvalue weighted by Crippen LogP contribution is -2.46. The maximum atomic E-state index is 12.4. The van der Waals surface area contributed by atoms with Crippen molar-refractivity contribution in [2.24, 2.45) is 0 Å². The van der Waals surface area contributed by atoms with E-state index in [2.05, 4.69) is 79.9 Å². The summed E-state index contributed by atoms with van der Waals surface area (Å²) in [5, 5.41) is 13.1. The SMILES string of the molecule is CC/C=C\C/C=C\C/C=C\C/C=C\CCCCCCCCC(=O)NC(CS(=O)(=O)O)C(O)/C=C/CC/C=C/CCCCCCC. The van der Waals surface area contributed by atoms with Crippen molar-refractivity contribution in [2.45, 2.75) is 154 Å². The first-order valence-electron chi connectivity index (χ1n) is 17.6. The van der Waals surface area contributed by atoms with Gasteiger partial charge < -0.3 is 10.4 Å². The Bertz CT molecular complexity index is 978. The lowest BCUT2D eigenvalue weighted by molar-refractivity contribution is -0.122. The third-order valence-electron chi connectivity index (χ3n) is 7.37. The smallest absolute Gasteiger partial charge is 0.267 e. The Morgan fingerprint density at radius 2 is 1.09 bits per heavy atom. The van der Waals surface area contributed by atoms with Crippen molar-refractivity contribution in [3.63, 3.8) is 0 Å². The highest BCUT2D eigenvalue weighted by molar-refractivity contribution is 7.85. The number of allylic oxidation sites excluding steroid dienone is 11. The minimum atomic E-state index is -4.35. The van der Waals surface area contributed by atoms with Gasteiger partial charge >= 0.3 is 0 Å². The second kappa shape index (κ2) is 31.7. The van der Waals surface area contributed by atoms with E-state index >= 15 is 0 Å². The van der Waals surface area contributed by atoms with E-state index in [0.717, 1.165) is 77.0 Å². The van der Waals surface area contributed by atoms with Crippen LogP contribution in [0.2, 0.25) is 0 Å². The molecule has 0 fully saturated rings. The van der Waals surface area contributed by atoms with Crippen molar-refractivity contribution in [3.8, 4) is 0 Å². The van der Waals surface area contributed by atoms with Gasteiger partial charge in [-0.2, -0.15) is 8.42 Å². The van der Waals surface area contributed by atoms with E-state index < -0.39 is 28.0 Å². The minimum Gasteiger partial charge on any atom is -0.387 e. The Hall–Kier alpha value is -2.22. The van der Waals surface area contributed by atoms with Gasteiger partial charge in [-0.15, -0.1) is 0 Å². The summed E-state index contributed by atoms with van der Waals surface area (Å²) >= 11 is 0. The maximum Gasteiger partial charge on any atom is 0.267 e. The van der Waals surface area contributed by atoms with Crippen LogP contribution < -0.4 is 5.32 Å². The molecule has 7 heteroatoms. The largest absolute Gasteiger partial charge is 0.387 e. The van der Waals surface area contributed by atoms with Crippen LogP contribution in [0.3, 0.4) is 0 Å². The normalized spacial score (nSPS) is 14.3.